The van der Waals surface area contributed by atoms with Gasteiger partial charge in [0.25, 0.3) is 0 Å². The predicted octanol–water partition coefficient (Wildman–Crippen LogP) is 6.80. The molecule has 0 radical (unpaired) electrons. The van der Waals surface area contributed by atoms with Crippen molar-refractivity contribution in [1.82, 2.24) is 0 Å². The fourth-order valence-corrected chi connectivity index (χ4v) is 3.23. The summed E-state index contributed by atoms with van der Waals surface area (Å²) < 4.78 is 0. The number of allylic oxidation sites excluding steroid dienone is 2. The third-order valence-corrected chi connectivity index (χ3v) is 4.51. The largest absolute Gasteiger partial charge is 0.288 e. The SMILES string of the molecule is C\N=C(/C=C\C=N\C=C\c1ccc(CC(C)C)cc1)c1cccc(CC(C)C)c1. The minimum Gasteiger partial charge on any atom is -0.288 e. The summed E-state index contributed by atoms with van der Waals surface area (Å²) in [5, 5.41) is 0. The van der Waals surface area contributed by atoms with Crippen molar-refractivity contribution in [3.8, 4) is 0 Å². The van der Waals surface area contributed by atoms with Gasteiger partial charge in [0.15, 0.2) is 0 Å². The van der Waals surface area contributed by atoms with Crippen LogP contribution in [0.25, 0.3) is 6.08 Å². The van der Waals surface area contributed by atoms with E-state index in [4.69, 9.17) is 0 Å². The molecule has 0 atom stereocenters. The van der Waals surface area contributed by atoms with Crippen LogP contribution in [-0.4, -0.2) is 19.0 Å². The first-order chi connectivity index (χ1) is 14.0. The minimum absolute atomic E-state index is 0.646. The fraction of sp³-hybridized carbons (Fsp3) is 0.333. The van der Waals surface area contributed by atoms with Gasteiger partial charge in [-0.2, -0.15) is 0 Å². The zero-order valence-electron chi connectivity index (χ0n) is 18.5. The van der Waals surface area contributed by atoms with Crippen molar-refractivity contribution in [2.75, 3.05) is 7.05 Å². The van der Waals surface area contributed by atoms with Crippen LogP contribution >= 0.6 is 0 Å². The predicted molar refractivity (Wildman–Crippen MR) is 129 cm³/mol. The zero-order chi connectivity index (χ0) is 21.1. The summed E-state index contributed by atoms with van der Waals surface area (Å²) in [7, 11) is 1.83. The van der Waals surface area contributed by atoms with Crippen molar-refractivity contribution < 1.29 is 0 Å². The van der Waals surface area contributed by atoms with Gasteiger partial charge in [-0.25, -0.2) is 0 Å². The van der Waals surface area contributed by atoms with Crippen molar-refractivity contribution in [2.45, 2.75) is 40.5 Å². The summed E-state index contributed by atoms with van der Waals surface area (Å²) in [4.78, 5) is 8.77. The highest BCUT2D eigenvalue weighted by Gasteiger charge is 2.02. The van der Waals surface area contributed by atoms with E-state index in [-0.39, 0.29) is 0 Å². The Balaban J connectivity index is 1.93. The molecule has 152 valence electrons. The highest BCUT2D eigenvalue weighted by Crippen LogP contribution is 2.12. The Morgan fingerprint density at radius 3 is 2.24 bits per heavy atom. The van der Waals surface area contributed by atoms with Gasteiger partial charge < -0.3 is 0 Å². The second-order valence-electron chi connectivity index (χ2n) is 8.22. The third-order valence-electron chi connectivity index (χ3n) is 4.51. The molecule has 0 aliphatic heterocycles. The summed E-state index contributed by atoms with van der Waals surface area (Å²) in [5.74, 6) is 1.33. The molecule has 0 spiro atoms. The molecule has 2 aromatic rings. The zero-order valence-corrected chi connectivity index (χ0v) is 18.5. The van der Waals surface area contributed by atoms with Crippen LogP contribution in [0, 0.1) is 11.8 Å². The molecule has 0 unspecified atom stereocenters. The standard InChI is InChI=1S/C27H34N2/c1-21(2)18-24-13-11-23(12-14-24)15-17-29-16-7-10-27(28-5)26-9-6-8-25(20-26)19-22(3)4/h6-17,20-22H,18-19H2,1-5H3/b10-7-,17-15+,28-27+,29-16+. The lowest BCUT2D eigenvalue weighted by Crippen LogP contribution is -2.00. The molecule has 0 bridgehead atoms. The normalized spacial score (nSPS) is 13.0. The lowest BCUT2D eigenvalue weighted by molar-refractivity contribution is 0.647. The Bertz CT molecular complexity index is 866. The summed E-state index contributed by atoms with van der Waals surface area (Å²) in [6.07, 6.45) is 11.8. The summed E-state index contributed by atoms with van der Waals surface area (Å²) in [5.41, 5.74) is 6.01. The molecule has 0 fully saturated rings. The first-order valence-electron chi connectivity index (χ1n) is 10.5. The first kappa shape index (κ1) is 22.5. The van der Waals surface area contributed by atoms with Gasteiger partial charge in [-0.15, -0.1) is 0 Å². The number of nitrogens with zero attached hydrogens (tertiary/aromatic N) is 2. The molecule has 0 aliphatic carbocycles. The molecule has 2 nitrogen and oxygen atoms in total. The molecule has 2 rings (SSSR count). The highest BCUT2D eigenvalue weighted by atomic mass is 14.7. The van der Waals surface area contributed by atoms with Crippen LogP contribution in [0.3, 0.4) is 0 Å². The topological polar surface area (TPSA) is 24.7 Å². The Morgan fingerprint density at radius 2 is 1.59 bits per heavy atom. The second-order valence-corrected chi connectivity index (χ2v) is 8.22. The Morgan fingerprint density at radius 1 is 0.897 bits per heavy atom. The van der Waals surface area contributed by atoms with Crippen LogP contribution in [0.4, 0.5) is 0 Å². The molecule has 2 heteroatoms. The van der Waals surface area contributed by atoms with Crippen LogP contribution in [-0.2, 0) is 12.8 Å². The monoisotopic (exact) mass is 386 g/mol. The van der Waals surface area contributed by atoms with Crippen molar-refractivity contribution in [2.24, 2.45) is 21.8 Å². The van der Waals surface area contributed by atoms with E-state index in [0.29, 0.717) is 11.8 Å². The van der Waals surface area contributed by atoms with Crippen molar-refractivity contribution >= 4 is 18.0 Å². The number of benzene rings is 2. The number of hydrogen-bond acceptors (Lipinski definition) is 2. The van der Waals surface area contributed by atoms with E-state index in [2.05, 4.69) is 86.2 Å². The van der Waals surface area contributed by atoms with Gasteiger partial charge in [-0.3, -0.25) is 9.98 Å². The molecular weight excluding hydrogens is 352 g/mol. The van der Waals surface area contributed by atoms with E-state index in [0.717, 1.165) is 29.7 Å². The van der Waals surface area contributed by atoms with E-state index >= 15 is 0 Å². The molecular formula is C27H34N2. The number of aliphatic imine (C=N–C) groups is 2. The fourth-order valence-electron chi connectivity index (χ4n) is 3.23. The molecule has 29 heavy (non-hydrogen) atoms. The van der Waals surface area contributed by atoms with Gasteiger partial charge >= 0.3 is 0 Å². The van der Waals surface area contributed by atoms with Crippen molar-refractivity contribution in [1.29, 1.82) is 0 Å². The van der Waals surface area contributed by atoms with Crippen LogP contribution in [0.5, 0.6) is 0 Å². The Kier molecular flexibility index (Phi) is 9.30. The van der Waals surface area contributed by atoms with Gasteiger partial charge in [0.1, 0.15) is 0 Å². The van der Waals surface area contributed by atoms with E-state index in [1.54, 1.807) is 6.21 Å². The minimum atomic E-state index is 0.646. The lowest BCUT2D eigenvalue weighted by Gasteiger charge is -2.07. The Hall–Kier alpha value is -2.74. The molecule has 0 saturated heterocycles. The van der Waals surface area contributed by atoms with Gasteiger partial charge in [-0.1, -0.05) is 70.2 Å². The van der Waals surface area contributed by atoms with Gasteiger partial charge in [0, 0.05) is 19.5 Å². The molecule has 0 saturated carbocycles. The van der Waals surface area contributed by atoms with E-state index in [9.17, 15) is 0 Å². The average Bonchev–Trinajstić information content (AvgIpc) is 2.68. The van der Waals surface area contributed by atoms with Crippen molar-refractivity contribution in [3.63, 3.8) is 0 Å². The van der Waals surface area contributed by atoms with Gasteiger partial charge in [0.2, 0.25) is 0 Å². The highest BCUT2D eigenvalue weighted by molar-refractivity contribution is 6.10. The maximum absolute atomic E-state index is 4.42. The number of rotatable bonds is 9. The summed E-state index contributed by atoms with van der Waals surface area (Å²) >= 11 is 0. The third kappa shape index (κ3) is 8.43. The molecule has 0 amide bonds. The summed E-state index contributed by atoms with van der Waals surface area (Å²) in [6.45, 7) is 8.97. The lowest BCUT2D eigenvalue weighted by atomic mass is 9.99. The van der Waals surface area contributed by atoms with Crippen LogP contribution in [0.15, 0.2) is 76.9 Å². The second kappa shape index (κ2) is 12.0. The van der Waals surface area contributed by atoms with E-state index in [1.165, 1.54) is 11.1 Å². The average molecular weight is 387 g/mol. The van der Waals surface area contributed by atoms with Crippen molar-refractivity contribution in [3.05, 3.63) is 89.1 Å². The molecule has 0 aliphatic rings. The molecule has 0 N–H and O–H groups in total. The quantitative estimate of drug-likeness (QED) is 0.423. The summed E-state index contributed by atoms with van der Waals surface area (Å²) in [6, 6.07) is 17.3. The first-order valence-corrected chi connectivity index (χ1v) is 10.5. The van der Waals surface area contributed by atoms with Gasteiger partial charge in [0.05, 0.1) is 5.71 Å². The van der Waals surface area contributed by atoms with Gasteiger partial charge in [-0.05, 0) is 71.2 Å². The smallest absolute Gasteiger partial charge is 0.0643 e. The van der Waals surface area contributed by atoms with Crippen LogP contribution in [0.2, 0.25) is 0 Å². The number of hydrogen-bond donors (Lipinski definition) is 0. The van der Waals surface area contributed by atoms with E-state index in [1.807, 2.05) is 31.5 Å². The maximum atomic E-state index is 4.42. The van der Waals surface area contributed by atoms with Crippen LogP contribution < -0.4 is 0 Å². The Labute approximate surface area is 176 Å². The van der Waals surface area contributed by atoms with E-state index < -0.39 is 0 Å². The molecule has 0 heterocycles. The maximum Gasteiger partial charge on any atom is 0.0643 e. The van der Waals surface area contributed by atoms with Crippen LogP contribution in [0.1, 0.15) is 49.9 Å². The molecule has 0 aromatic heterocycles. The molecule has 2 aromatic carbocycles.